The Balaban J connectivity index is 1.17. The number of benzene rings is 6. The highest BCUT2D eigenvalue weighted by atomic mass is 35.5. The Kier molecular flexibility index (Phi) is 7.89. The highest BCUT2D eigenvalue weighted by molar-refractivity contribution is 6.32. The van der Waals surface area contributed by atoms with E-state index in [1.165, 1.54) is 0 Å². The molecule has 0 atom stereocenters. The highest BCUT2D eigenvalue weighted by Gasteiger charge is 2.34. The molecule has 7 rings (SSSR count). The number of anilines is 4. The fourth-order valence-corrected chi connectivity index (χ4v) is 5.48. The van der Waals surface area contributed by atoms with Crippen LogP contribution in [-0.2, 0) is 0 Å². The SMILES string of the molecule is O=C1c2ccccc2C(=O)c2c(Nc3ccc(Oc4ccc(Cl)cc4)cc3)ccc(Nc3ccc(Oc4ccc(Cl)cc4)cc3)c21. The number of rotatable bonds is 8. The highest BCUT2D eigenvalue weighted by Crippen LogP contribution is 2.39. The van der Waals surface area contributed by atoms with Gasteiger partial charge in [0.2, 0.25) is 0 Å². The zero-order valence-electron chi connectivity index (χ0n) is 24.1. The Morgan fingerprint density at radius 3 is 1.09 bits per heavy atom. The lowest BCUT2D eigenvalue weighted by Crippen LogP contribution is -2.23. The van der Waals surface area contributed by atoms with E-state index >= 15 is 0 Å². The van der Waals surface area contributed by atoms with E-state index in [4.69, 9.17) is 32.7 Å². The third-order valence-electron chi connectivity index (χ3n) is 7.44. The molecule has 0 aromatic heterocycles. The smallest absolute Gasteiger partial charge is 0.196 e. The van der Waals surface area contributed by atoms with Gasteiger partial charge in [0.15, 0.2) is 11.6 Å². The Bertz CT molecular complexity index is 1930. The summed E-state index contributed by atoms with van der Waals surface area (Å²) in [6, 6.07) is 39.4. The van der Waals surface area contributed by atoms with Gasteiger partial charge in [-0.25, -0.2) is 0 Å². The van der Waals surface area contributed by atoms with Gasteiger partial charge in [0, 0.05) is 32.5 Å². The molecule has 0 radical (unpaired) electrons. The topological polar surface area (TPSA) is 76.7 Å². The number of ketones is 2. The summed E-state index contributed by atoms with van der Waals surface area (Å²) in [4.78, 5) is 27.8. The van der Waals surface area contributed by atoms with Crippen molar-refractivity contribution in [1.29, 1.82) is 0 Å². The van der Waals surface area contributed by atoms with Crippen molar-refractivity contribution in [1.82, 2.24) is 0 Å². The number of carbonyl (C=O) groups is 2. The van der Waals surface area contributed by atoms with Crippen LogP contribution in [0.15, 0.2) is 133 Å². The van der Waals surface area contributed by atoms with Crippen LogP contribution in [0.25, 0.3) is 0 Å². The molecule has 8 heteroatoms. The van der Waals surface area contributed by atoms with Crippen molar-refractivity contribution in [3.63, 3.8) is 0 Å². The van der Waals surface area contributed by atoms with Crippen LogP contribution in [0.5, 0.6) is 23.0 Å². The van der Waals surface area contributed by atoms with Crippen molar-refractivity contribution < 1.29 is 19.1 Å². The third-order valence-corrected chi connectivity index (χ3v) is 7.95. The van der Waals surface area contributed by atoms with Crippen LogP contribution in [-0.4, -0.2) is 11.6 Å². The standard InChI is InChI=1S/C38H24Cl2N2O4/c39-23-5-13-27(14-6-23)45-29-17-9-25(10-18-29)41-33-21-22-34(36-35(33)37(43)31-3-1-2-4-32(31)38(36)44)42-26-11-19-30(20-12-26)46-28-15-7-24(40)8-16-28/h1-22,41-42H. The summed E-state index contributed by atoms with van der Waals surface area (Å²) in [5, 5.41) is 7.94. The predicted octanol–water partition coefficient (Wildman–Crippen LogP) is 10.8. The predicted molar refractivity (Wildman–Crippen MR) is 182 cm³/mol. The second kappa shape index (κ2) is 12.4. The molecular formula is C38H24Cl2N2O4. The Morgan fingerprint density at radius 1 is 0.413 bits per heavy atom. The summed E-state index contributed by atoms with van der Waals surface area (Å²) in [7, 11) is 0. The molecule has 6 nitrogen and oxygen atoms in total. The quantitative estimate of drug-likeness (QED) is 0.172. The summed E-state index contributed by atoms with van der Waals surface area (Å²) < 4.78 is 11.8. The number of ether oxygens (including phenoxy) is 2. The van der Waals surface area contributed by atoms with Gasteiger partial charge in [-0.05, 0) is 109 Å². The molecule has 2 N–H and O–H groups in total. The lowest BCUT2D eigenvalue weighted by molar-refractivity contribution is 0.0980. The van der Waals surface area contributed by atoms with Gasteiger partial charge < -0.3 is 20.1 Å². The number of nitrogens with one attached hydrogen (secondary N) is 2. The van der Waals surface area contributed by atoms with E-state index in [1.807, 2.05) is 48.5 Å². The van der Waals surface area contributed by atoms with Crippen LogP contribution in [0, 0.1) is 0 Å². The molecule has 0 bridgehead atoms. The number of hydrogen-bond acceptors (Lipinski definition) is 6. The molecule has 46 heavy (non-hydrogen) atoms. The first-order chi connectivity index (χ1) is 22.4. The van der Waals surface area contributed by atoms with Gasteiger partial charge in [-0.2, -0.15) is 0 Å². The zero-order chi connectivity index (χ0) is 31.6. The molecule has 224 valence electrons. The molecule has 0 spiro atoms. The fourth-order valence-electron chi connectivity index (χ4n) is 5.23. The summed E-state index contributed by atoms with van der Waals surface area (Å²) in [5.74, 6) is 2.14. The second-order valence-corrected chi connectivity index (χ2v) is 11.4. The van der Waals surface area contributed by atoms with E-state index < -0.39 is 0 Å². The van der Waals surface area contributed by atoms with Crippen molar-refractivity contribution in [3.8, 4) is 23.0 Å². The average Bonchev–Trinajstić information content (AvgIpc) is 3.08. The second-order valence-electron chi connectivity index (χ2n) is 10.5. The lowest BCUT2D eigenvalue weighted by Gasteiger charge is -2.24. The monoisotopic (exact) mass is 642 g/mol. The van der Waals surface area contributed by atoms with Crippen molar-refractivity contribution in [2.75, 3.05) is 10.6 Å². The maximum atomic E-state index is 13.9. The van der Waals surface area contributed by atoms with Crippen molar-refractivity contribution >= 4 is 57.5 Å². The Morgan fingerprint density at radius 2 is 0.739 bits per heavy atom. The molecule has 0 saturated carbocycles. The molecule has 1 aliphatic carbocycles. The first-order valence-corrected chi connectivity index (χ1v) is 15.1. The molecule has 6 aromatic carbocycles. The van der Waals surface area contributed by atoms with Crippen LogP contribution in [0.2, 0.25) is 10.0 Å². The minimum absolute atomic E-state index is 0.231. The fraction of sp³-hybridized carbons (Fsp3) is 0. The summed E-state index contributed by atoms with van der Waals surface area (Å²) in [5.41, 5.74) is 3.84. The zero-order valence-corrected chi connectivity index (χ0v) is 25.6. The first-order valence-electron chi connectivity index (χ1n) is 14.4. The summed E-state index contributed by atoms with van der Waals surface area (Å²) >= 11 is 11.9. The number of hydrogen-bond donors (Lipinski definition) is 2. The molecule has 0 aliphatic heterocycles. The minimum Gasteiger partial charge on any atom is -0.457 e. The molecule has 0 amide bonds. The van der Waals surface area contributed by atoms with Gasteiger partial charge in [-0.1, -0.05) is 47.5 Å². The Hall–Kier alpha value is -5.56. The first kappa shape index (κ1) is 29.2. The van der Waals surface area contributed by atoms with Crippen molar-refractivity contribution in [3.05, 3.63) is 166 Å². The molecule has 1 aliphatic rings. The van der Waals surface area contributed by atoms with Crippen LogP contribution in [0.3, 0.4) is 0 Å². The van der Waals surface area contributed by atoms with Crippen LogP contribution >= 0.6 is 23.2 Å². The van der Waals surface area contributed by atoms with Crippen molar-refractivity contribution in [2.24, 2.45) is 0 Å². The van der Waals surface area contributed by atoms with Crippen LogP contribution < -0.4 is 20.1 Å². The van der Waals surface area contributed by atoms with E-state index in [9.17, 15) is 9.59 Å². The molecule has 0 unspecified atom stereocenters. The van der Waals surface area contributed by atoms with Gasteiger partial charge in [-0.15, -0.1) is 0 Å². The molecule has 0 heterocycles. The van der Waals surface area contributed by atoms with Crippen LogP contribution in [0.1, 0.15) is 31.8 Å². The van der Waals surface area contributed by atoms with Gasteiger partial charge in [0.05, 0.1) is 22.5 Å². The number of carbonyl (C=O) groups excluding carboxylic acids is 2. The Labute approximate surface area is 275 Å². The van der Waals surface area contributed by atoms with E-state index in [0.29, 0.717) is 66.7 Å². The summed E-state index contributed by atoms with van der Waals surface area (Å²) in [6.45, 7) is 0. The van der Waals surface area contributed by atoms with Gasteiger partial charge in [0.25, 0.3) is 0 Å². The third kappa shape index (κ3) is 6.04. The lowest BCUT2D eigenvalue weighted by atomic mass is 9.82. The van der Waals surface area contributed by atoms with E-state index in [1.54, 1.807) is 84.9 Å². The van der Waals surface area contributed by atoms with E-state index in [2.05, 4.69) is 10.6 Å². The summed E-state index contributed by atoms with van der Waals surface area (Å²) in [6.07, 6.45) is 0. The van der Waals surface area contributed by atoms with Gasteiger partial charge in [0.1, 0.15) is 23.0 Å². The minimum atomic E-state index is -0.231. The van der Waals surface area contributed by atoms with Crippen LogP contribution in [0.4, 0.5) is 22.7 Å². The largest absolute Gasteiger partial charge is 0.457 e. The van der Waals surface area contributed by atoms with Gasteiger partial charge >= 0.3 is 0 Å². The van der Waals surface area contributed by atoms with E-state index in [0.717, 1.165) is 11.4 Å². The molecular weight excluding hydrogens is 619 g/mol. The maximum Gasteiger partial charge on any atom is 0.196 e. The number of halogens is 2. The maximum absolute atomic E-state index is 13.9. The van der Waals surface area contributed by atoms with Crippen molar-refractivity contribution in [2.45, 2.75) is 0 Å². The molecule has 6 aromatic rings. The van der Waals surface area contributed by atoms with Gasteiger partial charge in [-0.3, -0.25) is 9.59 Å². The molecule has 0 saturated heterocycles. The molecule has 0 fully saturated rings. The number of fused-ring (bicyclic) bond motifs is 2. The average molecular weight is 644 g/mol. The normalized spacial score (nSPS) is 11.8. The van der Waals surface area contributed by atoms with E-state index in [-0.39, 0.29) is 11.6 Å².